The highest BCUT2D eigenvalue weighted by Crippen LogP contribution is 2.39. The Hall–Kier alpha value is -2.62. The van der Waals surface area contributed by atoms with Crippen LogP contribution >= 0.6 is 0 Å². The molecule has 2 aromatic carbocycles. The molecule has 0 aliphatic carbocycles. The number of rotatable bonds is 3. The fourth-order valence-electron chi connectivity index (χ4n) is 2.83. The summed E-state index contributed by atoms with van der Waals surface area (Å²) >= 11 is 0. The zero-order valence-corrected chi connectivity index (χ0v) is 17.4. The zero-order valence-electron chi connectivity index (χ0n) is 17.4. The van der Waals surface area contributed by atoms with Crippen molar-refractivity contribution in [2.45, 2.75) is 52.4 Å². The Bertz CT molecular complexity index is 806. The van der Waals surface area contributed by atoms with Crippen LogP contribution < -0.4 is 0 Å². The maximum absolute atomic E-state index is 13.0. The molecule has 4 nitrogen and oxygen atoms in total. The lowest BCUT2D eigenvalue weighted by Crippen LogP contribution is -2.24. The molecule has 1 N–H and O–H groups in total. The molecular formula is C23H30N2O2. The number of carbonyl (C=O) groups excluding carboxylic acids is 1. The summed E-state index contributed by atoms with van der Waals surface area (Å²) < 4.78 is 0. The van der Waals surface area contributed by atoms with Crippen molar-refractivity contribution in [3.63, 3.8) is 0 Å². The third-order valence-corrected chi connectivity index (χ3v) is 4.45. The lowest BCUT2D eigenvalue weighted by molar-refractivity contribution is 0.0800. The molecular weight excluding hydrogens is 336 g/mol. The minimum absolute atomic E-state index is 0.210. The number of hydrazone groups is 1. The first-order valence-electron chi connectivity index (χ1n) is 9.16. The monoisotopic (exact) mass is 366 g/mol. The quantitative estimate of drug-likeness (QED) is 0.607. The minimum atomic E-state index is -0.285. The molecule has 0 bridgehead atoms. The number of benzene rings is 2. The first-order valence-corrected chi connectivity index (χ1v) is 9.16. The summed E-state index contributed by atoms with van der Waals surface area (Å²) in [6, 6.07) is 13.2. The van der Waals surface area contributed by atoms with E-state index in [9.17, 15) is 9.90 Å². The number of aromatic hydroxyl groups is 1. The zero-order chi connectivity index (χ0) is 20.4. The van der Waals surface area contributed by atoms with Crippen LogP contribution in [-0.4, -0.2) is 29.3 Å². The van der Waals surface area contributed by atoms with Gasteiger partial charge in [-0.2, -0.15) is 5.10 Å². The molecule has 0 fully saturated rings. The van der Waals surface area contributed by atoms with Crippen LogP contribution in [-0.2, 0) is 10.8 Å². The van der Waals surface area contributed by atoms with E-state index in [0.29, 0.717) is 5.56 Å². The average molecular weight is 367 g/mol. The molecule has 0 heterocycles. The number of hydrogen-bond acceptors (Lipinski definition) is 3. The highest BCUT2D eigenvalue weighted by molar-refractivity contribution is 5.95. The lowest BCUT2D eigenvalue weighted by atomic mass is 9.78. The third-order valence-electron chi connectivity index (χ3n) is 4.45. The molecule has 0 unspecified atom stereocenters. The Kier molecular flexibility index (Phi) is 5.79. The molecule has 27 heavy (non-hydrogen) atoms. The SMILES string of the molecule is CN(N=Cc1ccccc1)C(=O)c1cc(C(C)(C)C)c(O)c(C(C)(C)C)c1. The third kappa shape index (κ3) is 4.97. The van der Waals surface area contributed by atoms with Crippen molar-refractivity contribution in [1.82, 2.24) is 5.01 Å². The van der Waals surface area contributed by atoms with Gasteiger partial charge in [-0.05, 0) is 28.5 Å². The minimum Gasteiger partial charge on any atom is -0.507 e. The molecule has 0 saturated heterocycles. The van der Waals surface area contributed by atoms with Crippen LogP contribution in [0, 0.1) is 0 Å². The highest BCUT2D eigenvalue weighted by atomic mass is 16.3. The van der Waals surface area contributed by atoms with Crippen LogP contribution in [0.25, 0.3) is 0 Å². The second-order valence-corrected chi connectivity index (χ2v) is 8.90. The average Bonchev–Trinajstić information content (AvgIpc) is 2.58. The lowest BCUT2D eigenvalue weighted by Gasteiger charge is -2.28. The molecule has 2 aromatic rings. The fraction of sp³-hybridized carbons (Fsp3) is 0.391. The van der Waals surface area contributed by atoms with Gasteiger partial charge in [-0.25, -0.2) is 5.01 Å². The topological polar surface area (TPSA) is 52.9 Å². The number of phenols is 1. The van der Waals surface area contributed by atoms with Crippen molar-refractivity contribution in [3.05, 3.63) is 64.7 Å². The van der Waals surface area contributed by atoms with E-state index in [1.54, 1.807) is 25.4 Å². The molecule has 0 radical (unpaired) electrons. The van der Waals surface area contributed by atoms with E-state index in [4.69, 9.17) is 0 Å². The Morgan fingerprint density at radius 1 is 0.963 bits per heavy atom. The Labute approximate surface area is 162 Å². The predicted molar refractivity (Wildman–Crippen MR) is 112 cm³/mol. The summed E-state index contributed by atoms with van der Waals surface area (Å²) in [7, 11) is 1.64. The molecule has 0 saturated carbocycles. The normalized spacial score (nSPS) is 12.4. The number of carbonyl (C=O) groups is 1. The highest BCUT2D eigenvalue weighted by Gasteiger charge is 2.28. The van der Waals surface area contributed by atoms with Crippen molar-refractivity contribution in [1.29, 1.82) is 0 Å². The van der Waals surface area contributed by atoms with Gasteiger partial charge in [0.1, 0.15) is 5.75 Å². The maximum atomic E-state index is 13.0. The summed E-state index contributed by atoms with van der Waals surface area (Å²) in [6.45, 7) is 12.2. The van der Waals surface area contributed by atoms with Crippen LogP contribution in [0.1, 0.15) is 68.6 Å². The van der Waals surface area contributed by atoms with E-state index < -0.39 is 0 Å². The molecule has 0 atom stereocenters. The van der Waals surface area contributed by atoms with Gasteiger partial charge in [0.05, 0.1) is 6.21 Å². The van der Waals surface area contributed by atoms with Gasteiger partial charge in [-0.1, -0.05) is 71.9 Å². The molecule has 1 amide bonds. The van der Waals surface area contributed by atoms with Gasteiger partial charge in [-0.3, -0.25) is 4.79 Å². The molecule has 0 spiro atoms. The number of nitrogens with zero attached hydrogens (tertiary/aromatic N) is 2. The van der Waals surface area contributed by atoms with Gasteiger partial charge in [0.2, 0.25) is 0 Å². The molecule has 0 aliphatic heterocycles. The smallest absolute Gasteiger partial charge is 0.273 e. The number of hydrogen-bond donors (Lipinski definition) is 1. The summed E-state index contributed by atoms with van der Waals surface area (Å²) in [5.41, 5.74) is 2.40. The summed E-state index contributed by atoms with van der Waals surface area (Å²) in [5.74, 6) is 0.0557. The summed E-state index contributed by atoms with van der Waals surface area (Å²) in [6.07, 6.45) is 1.66. The Balaban J connectivity index is 2.44. The molecule has 0 aromatic heterocycles. The van der Waals surface area contributed by atoms with Gasteiger partial charge < -0.3 is 5.11 Å². The molecule has 4 heteroatoms. The largest absolute Gasteiger partial charge is 0.507 e. The molecule has 2 rings (SSSR count). The van der Waals surface area contributed by atoms with Crippen molar-refractivity contribution >= 4 is 12.1 Å². The second kappa shape index (κ2) is 7.55. The predicted octanol–water partition coefficient (Wildman–Crippen LogP) is 5.09. The van der Waals surface area contributed by atoms with Crippen molar-refractivity contribution in [2.75, 3.05) is 7.05 Å². The first-order chi connectivity index (χ1) is 12.4. The van der Waals surface area contributed by atoms with Gasteiger partial charge in [0.15, 0.2) is 0 Å². The van der Waals surface area contributed by atoms with E-state index in [0.717, 1.165) is 16.7 Å². The number of phenolic OH excluding ortho intramolecular Hbond substituents is 1. The second-order valence-electron chi connectivity index (χ2n) is 8.90. The standard InChI is InChI=1S/C23H30N2O2/c1-22(2,3)18-13-17(14-19(20(18)26)23(4,5)6)21(27)25(7)24-15-16-11-9-8-10-12-16/h8-15,26H,1-7H3. The summed E-state index contributed by atoms with van der Waals surface area (Å²) in [5, 5.41) is 16.4. The van der Waals surface area contributed by atoms with Crippen LogP contribution in [0.2, 0.25) is 0 Å². The van der Waals surface area contributed by atoms with Crippen molar-refractivity contribution in [2.24, 2.45) is 5.10 Å². The van der Waals surface area contributed by atoms with Crippen LogP contribution in [0.4, 0.5) is 0 Å². The van der Waals surface area contributed by atoms with E-state index in [1.165, 1.54) is 5.01 Å². The van der Waals surface area contributed by atoms with Gasteiger partial charge in [-0.15, -0.1) is 0 Å². The Morgan fingerprint density at radius 3 is 1.89 bits per heavy atom. The van der Waals surface area contributed by atoms with Gasteiger partial charge >= 0.3 is 0 Å². The van der Waals surface area contributed by atoms with E-state index in [2.05, 4.69) is 5.10 Å². The fourth-order valence-corrected chi connectivity index (χ4v) is 2.83. The van der Waals surface area contributed by atoms with Crippen LogP contribution in [0.5, 0.6) is 5.75 Å². The maximum Gasteiger partial charge on any atom is 0.273 e. The van der Waals surface area contributed by atoms with Gasteiger partial charge in [0, 0.05) is 23.7 Å². The van der Waals surface area contributed by atoms with Crippen molar-refractivity contribution < 1.29 is 9.90 Å². The molecule has 144 valence electrons. The summed E-state index contributed by atoms with van der Waals surface area (Å²) in [4.78, 5) is 13.0. The van der Waals surface area contributed by atoms with E-state index in [1.807, 2.05) is 71.9 Å². The molecule has 0 aliphatic rings. The van der Waals surface area contributed by atoms with Crippen LogP contribution in [0.15, 0.2) is 47.6 Å². The first kappa shape index (κ1) is 20.7. The number of amides is 1. The van der Waals surface area contributed by atoms with Crippen molar-refractivity contribution in [3.8, 4) is 5.75 Å². The van der Waals surface area contributed by atoms with E-state index >= 15 is 0 Å². The van der Waals surface area contributed by atoms with Crippen LogP contribution in [0.3, 0.4) is 0 Å². The van der Waals surface area contributed by atoms with Gasteiger partial charge in [0.25, 0.3) is 5.91 Å². The Morgan fingerprint density at radius 2 is 1.44 bits per heavy atom. The van der Waals surface area contributed by atoms with E-state index in [-0.39, 0.29) is 22.5 Å².